The van der Waals surface area contributed by atoms with Crippen LogP contribution in [-0.2, 0) is 0 Å². The van der Waals surface area contributed by atoms with Crippen LogP contribution in [0, 0.1) is 0 Å². The third kappa shape index (κ3) is 4.50. The average Bonchev–Trinajstić information content (AvgIpc) is 3.91. The van der Waals surface area contributed by atoms with Gasteiger partial charge in [-0.05, 0) is 99.8 Å². The smallest absolute Gasteiger partial charge is 0.160 e. The lowest BCUT2D eigenvalue weighted by Crippen LogP contribution is -1.94. The molecule has 0 spiro atoms. The lowest BCUT2D eigenvalue weighted by molar-refractivity contribution is 0.671. The summed E-state index contributed by atoms with van der Waals surface area (Å²) in [6, 6.07) is 70.3. The van der Waals surface area contributed by atoms with E-state index in [4.69, 9.17) is 4.42 Å². The van der Waals surface area contributed by atoms with Gasteiger partial charge < -0.3 is 13.6 Å². The zero-order valence-electron chi connectivity index (χ0n) is 29.8. The Kier molecular flexibility index (Phi) is 6.34. The fourth-order valence-electron chi connectivity index (χ4n) is 8.91. The third-order valence-electron chi connectivity index (χ3n) is 11.5. The molecule has 0 aliphatic rings. The number of aromatic nitrogens is 2. The van der Waals surface area contributed by atoms with Crippen LogP contribution in [-0.4, -0.2) is 9.13 Å². The van der Waals surface area contributed by atoms with Gasteiger partial charge in [0.05, 0.1) is 22.1 Å². The van der Waals surface area contributed by atoms with Gasteiger partial charge in [0.15, 0.2) is 5.58 Å². The molecule has 3 heteroatoms. The van der Waals surface area contributed by atoms with Crippen LogP contribution in [0.1, 0.15) is 0 Å². The molecular formula is C52H32N2O. The molecule has 12 aromatic rings. The van der Waals surface area contributed by atoms with Crippen molar-refractivity contribution in [1.82, 2.24) is 9.13 Å². The minimum absolute atomic E-state index is 0.901. The Morgan fingerprint density at radius 1 is 0.309 bits per heavy atom. The van der Waals surface area contributed by atoms with E-state index in [1.165, 1.54) is 71.3 Å². The van der Waals surface area contributed by atoms with Crippen LogP contribution in [0.15, 0.2) is 199 Å². The number of rotatable bonds is 4. The molecule has 0 N–H and O–H groups in total. The normalized spacial score (nSPS) is 12.0. The van der Waals surface area contributed by atoms with E-state index in [0.29, 0.717) is 0 Å². The summed E-state index contributed by atoms with van der Waals surface area (Å²) in [4.78, 5) is 0. The van der Waals surface area contributed by atoms with Crippen molar-refractivity contribution in [3.63, 3.8) is 0 Å². The molecule has 0 amide bonds. The van der Waals surface area contributed by atoms with E-state index >= 15 is 0 Å². The van der Waals surface area contributed by atoms with Gasteiger partial charge in [-0.25, -0.2) is 0 Å². The van der Waals surface area contributed by atoms with Crippen LogP contribution in [0.2, 0.25) is 0 Å². The van der Waals surface area contributed by atoms with Gasteiger partial charge in [-0.3, -0.25) is 0 Å². The number of nitrogens with zero attached hydrogens (tertiary/aromatic N) is 2. The second kappa shape index (κ2) is 11.6. The monoisotopic (exact) mass is 700 g/mol. The van der Waals surface area contributed by atoms with Gasteiger partial charge in [-0.1, -0.05) is 127 Å². The van der Waals surface area contributed by atoms with E-state index in [9.17, 15) is 0 Å². The van der Waals surface area contributed by atoms with Crippen molar-refractivity contribution in [1.29, 1.82) is 0 Å². The van der Waals surface area contributed by atoms with Gasteiger partial charge >= 0.3 is 0 Å². The van der Waals surface area contributed by atoms with E-state index in [-0.39, 0.29) is 0 Å². The Morgan fingerprint density at radius 2 is 0.891 bits per heavy atom. The summed E-state index contributed by atoms with van der Waals surface area (Å²) >= 11 is 0. The molecule has 0 aliphatic heterocycles. The summed E-state index contributed by atoms with van der Waals surface area (Å²) < 4.78 is 11.5. The second-order valence-corrected chi connectivity index (χ2v) is 14.5. The summed E-state index contributed by atoms with van der Waals surface area (Å²) in [6.45, 7) is 0. The quantitative estimate of drug-likeness (QED) is 0.179. The van der Waals surface area contributed by atoms with Crippen molar-refractivity contribution in [2.75, 3.05) is 0 Å². The minimum Gasteiger partial charge on any atom is -0.454 e. The number of benzene rings is 9. The molecule has 0 saturated heterocycles. The Hall–Kier alpha value is -7.36. The van der Waals surface area contributed by atoms with Crippen molar-refractivity contribution in [2.24, 2.45) is 0 Å². The molecule has 0 fully saturated rings. The van der Waals surface area contributed by atoms with Gasteiger partial charge in [0.25, 0.3) is 0 Å². The molecule has 3 aromatic heterocycles. The number of furan rings is 1. The number of hydrogen-bond acceptors (Lipinski definition) is 1. The van der Waals surface area contributed by atoms with E-state index in [0.717, 1.165) is 38.7 Å². The lowest BCUT2D eigenvalue weighted by atomic mass is 10.0. The van der Waals surface area contributed by atoms with Crippen LogP contribution >= 0.6 is 0 Å². The molecule has 55 heavy (non-hydrogen) atoms. The zero-order valence-corrected chi connectivity index (χ0v) is 29.8. The minimum atomic E-state index is 0.901. The first-order valence-corrected chi connectivity index (χ1v) is 18.8. The molecule has 0 saturated carbocycles. The van der Waals surface area contributed by atoms with Crippen LogP contribution in [0.5, 0.6) is 0 Å². The van der Waals surface area contributed by atoms with Crippen LogP contribution in [0.4, 0.5) is 0 Å². The molecule has 0 radical (unpaired) electrons. The lowest BCUT2D eigenvalue weighted by Gasteiger charge is -2.11. The predicted octanol–water partition coefficient (Wildman–Crippen LogP) is 14.3. The summed E-state index contributed by atoms with van der Waals surface area (Å²) in [6.07, 6.45) is 0. The van der Waals surface area contributed by atoms with Crippen molar-refractivity contribution >= 4 is 76.3 Å². The maximum absolute atomic E-state index is 6.69. The Balaban J connectivity index is 1.07. The largest absolute Gasteiger partial charge is 0.454 e. The van der Waals surface area contributed by atoms with Crippen LogP contribution < -0.4 is 0 Å². The molecule has 0 atom stereocenters. The van der Waals surface area contributed by atoms with E-state index < -0.39 is 0 Å². The highest BCUT2D eigenvalue weighted by molar-refractivity contribution is 6.22. The SMILES string of the molecule is c1ccc(-c2ccc(-n3c4ccc(-c5ccc6c(c5)c5ccccc5n6-c5ccc6ccccc6c5)cc4c4ccc5c6ccccc6oc5c43)cc2)cc1. The highest BCUT2D eigenvalue weighted by atomic mass is 16.3. The first-order valence-electron chi connectivity index (χ1n) is 18.8. The summed E-state index contributed by atoms with van der Waals surface area (Å²) in [5.74, 6) is 0. The number of hydrogen-bond donors (Lipinski definition) is 0. The standard InChI is InChI=1S/C52H32N2O/c1-2-10-33(11-3-1)35-18-23-39(24-19-35)54-49-29-22-38(32-46(49)43-26-27-44-42-15-7-9-17-50(42)55-52(44)51(43)54)37-21-28-48-45(31-37)41-14-6-8-16-47(41)53(48)40-25-20-34-12-4-5-13-36(34)30-40/h1-32H. The highest BCUT2D eigenvalue weighted by Crippen LogP contribution is 2.42. The molecular weight excluding hydrogens is 669 g/mol. The summed E-state index contributed by atoms with van der Waals surface area (Å²) in [5.41, 5.74) is 13.5. The fraction of sp³-hybridized carbons (Fsp3) is 0. The molecule has 3 heterocycles. The Morgan fingerprint density at radius 3 is 1.71 bits per heavy atom. The first kappa shape index (κ1) is 30.1. The van der Waals surface area contributed by atoms with Gasteiger partial charge in [0.1, 0.15) is 5.58 Å². The molecule has 9 aromatic carbocycles. The van der Waals surface area contributed by atoms with Gasteiger partial charge in [-0.2, -0.15) is 0 Å². The number of fused-ring (bicyclic) bond motifs is 11. The molecule has 0 aliphatic carbocycles. The topological polar surface area (TPSA) is 23.0 Å². The predicted molar refractivity (Wildman–Crippen MR) is 231 cm³/mol. The highest BCUT2D eigenvalue weighted by Gasteiger charge is 2.20. The Labute approximate surface area is 316 Å². The fourth-order valence-corrected chi connectivity index (χ4v) is 8.91. The van der Waals surface area contributed by atoms with Crippen molar-refractivity contribution in [2.45, 2.75) is 0 Å². The van der Waals surface area contributed by atoms with Crippen LogP contribution in [0.3, 0.4) is 0 Å². The molecule has 3 nitrogen and oxygen atoms in total. The first-order chi connectivity index (χ1) is 27.3. The summed E-state index contributed by atoms with van der Waals surface area (Å²) in [5, 5.41) is 9.60. The Bertz CT molecular complexity index is 3470. The van der Waals surface area contributed by atoms with Gasteiger partial charge in [0.2, 0.25) is 0 Å². The molecule has 0 unspecified atom stereocenters. The van der Waals surface area contributed by atoms with E-state index in [1.54, 1.807) is 0 Å². The van der Waals surface area contributed by atoms with Crippen molar-refractivity contribution in [3.05, 3.63) is 194 Å². The zero-order chi connectivity index (χ0) is 36.0. The van der Waals surface area contributed by atoms with Gasteiger partial charge in [0, 0.05) is 43.7 Å². The molecule has 0 bridgehead atoms. The summed E-state index contributed by atoms with van der Waals surface area (Å²) in [7, 11) is 0. The van der Waals surface area contributed by atoms with Crippen LogP contribution in [0.25, 0.3) is 110 Å². The van der Waals surface area contributed by atoms with Gasteiger partial charge in [-0.15, -0.1) is 0 Å². The maximum Gasteiger partial charge on any atom is 0.160 e. The van der Waals surface area contributed by atoms with E-state index in [1.807, 2.05) is 6.07 Å². The maximum atomic E-state index is 6.69. The molecule has 256 valence electrons. The van der Waals surface area contributed by atoms with Crippen molar-refractivity contribution in [3.8, 4) is 33.6 Å². The van der Waals surface area contributed by atoms with Crippen molar-refractivity contribution < 1.29 is 4.42 Å². The average molecular weight is 701 g/mol. The molecule has 12 rings (SSSR count). The number of para-hydroxylation sites is 2. The third-order valence-corrected chi connectivity index (χ3v) is 11.5. The second-order valence-electron chi connectivity index (χ2n) is 14.5. The van der Waals surface area contributed by atoms with E-state index in [2.05, 4.69) is 197 Å².